The highest BCUT2D eigenvalue weighted by Crippen LogP contribution is 2.18. The Bertz CT molecular complexity index is 708. The fourth-order valence-corrected chi connectivity index (χ4v) is 2.96. The van der Waals surface area contributed by atoms with E-state index in [-0.39, 0.29) is 11.8 Å². The number of carbonyl (C=O) groups is 2. The van der Waals surface area contributed by atoms with E-state index in [1.54, 1.807) is 16.7 Å². The van der Waals surface area contributed by atoms with E-state index < -0.39 is 0 Å². The van der Waals surface area contributed by atoms with Crippen molar-refractivity contribution in [1.82, 2.24) is 14.8 Å². The Balaban J connectivity index is 1.88. The van der Waals surface area contributed by atoms with E-state index in [1.807, 2.05) is 31.4 Å². The first-order valence-electron chi connectivity index (χ1n) is 9.07. The fourth-order valence-electron chi connectivity index (χ4n) is 2.96. The van der Waals surface area contributed by atoms with Crippen molar-refractivity contribution in [3.8, 4) is 0 Å². The maximum Gasteiger partial charge on any atom is 0.224 e. The van der Waals surface area contributed by atoms with Crippen LogP contribution in [0.25, 0.3) is 10.9 Å². The van der Waals surface area contributed by atoms with Gasteiger partial charge in [-0.1, -0.05) is 31.5 Å². The topological polar surface area (TPSA) is 56.4 Å². The van der Waals surface area contributed by atoms with Crippen molar-refractivity contribution >= 4 is 22.7 Å². The lowest BCUT2D eigenvalue weighted by molar-refractivity contribution is -0.132. The summed E-state index contributed by atoms with van der Waals surface area (Å²) in [6.45, 7) is 5.57. The normalized spacial score (nSPS) is 10.8. The number of H-pyrrole nitrogens is 1. The molecule has 0 aliphatic heterocycles. The highest BCUT2D eigenvalue weighted by Gasteiger charge is 2.14. The first kappa shape index (κ1) is 19.0. The lowest BCUT2D eigenvalue weighted by atomic mass is 10.1. The molecular formula is C20H29N3O2. The van der Waals surface area contributed by atoms with Crippen LogP contribution in [-0.4, -0.2) is 53.3 Å². The first-order valence-corrected chi connectivity index (χ1v) is 9.07. The summed E-state index contributed by atoms with van der Waals surface area (Å²) in [6.07, 6.45) is 5.25. The van der Waals surface area contributed by atoms with Crippen molar-refractivity contribution in [1.29, 1.82) is 0 Å². The standard InChI is InChI=1S/C20H29N3O2/c1-4-5-12-22(3)20(25)11-14-23(16(2)24)13-10-17-15-21-19-9-7-6-8-18(17)19/h6-9,15,21H,4-5,10-14H2,1-3H3. The predicted molar refractivity (Wildman–Crippen MR) is 101 cm³/mol. The van der Waals surface area contributed by atoms with Gasteiger partial charge in [0, 0.05) is 57.1 Å². The number of hydrogen-bond donors (Lipinski definition) is 1. The number of nitrogens with zero attached hydrogens (tertiary/aromatic N) is 2. The molecule has 2 aromatic rings. The van der Waals surface area contributed by atoms with Gasteiger partial charge in [-0.2, -0.15) is 0 Å². The van der Waals surface area contributed by atoms with Crippen molar-refractivity contribution in [3.63, 3.8) is 0 Å². The van der Waals surface area contributed by atoms with Crippen LogP contribution in [-0.2, 0) is 16.0 Å². The van der Waals surface area contributed by atoms with Gasteiger partial charge in [0.05, 0.1) is 0 Å². The summed E-state index contributed by atoms with van der Waals surface area (Å²) in [5, 5.41) is 1.20. The third-order valence-corrected chi connectivity index (χ3v) is 4.64. The average Bonchev–Trinajstić information content (AvgIpc) is 3.02. The second-order valence-electron chi connectivity index (χ2n) is 6.53. The monoisotopic (exact) mass is 343 g/mol. The van der Waals surface area contributed by atoms with Gasteiger partial charge in [-0.15, -0.1) is 0 Å². The van der Waals surface area contributed by atoms with Crippen molar-refractivity contribution < 1.29 is 9.59 Å². The molecule has 1 aromatic carbocycles. The second kappa shape index (κ2) is 9.25. The van der Waals surface area contributed by atoms with Gasteiger partial charge in [-0.25, -0.2) is 0 Å². The van der Waals surface area contributed by atoms with Gasteiger partial charge < -0.3 is 14.8 Å². The molecule has 136 valence electrons. The minimum atomic E-state index is 0.0175. The molecule has 0 saturated heterocycles. The van der Waals surface area contributed by atoms with Gasteiger partial charge in [-0.05, 0) is 24.5 Å². The Labute approximate surface area is 150 Å². The maximum atomic E-state index is 12.2. The van der Waals surface area contributed by atoms with Crippen LogP contribution in [0.15, 0.2) is 30.5 Å². The van der Waals surface area contributed by atoms with Crippen LogP contribution >= 0.6 is 0 Å². The molecule has 0 bridgehead atoms. The molecule has 5 nitrogen and oxygen atoms in total. The number of amides is 2. The Hall–Kier alpha value is -2.30. The van der Waals surface area contributed by atoms with E-state index in [0.717, 1.165) is 31.3 Å². The SMILES string of the molecule is CCCCN(C)C(=O)CCN(CCc1c[nH]c2ccccc12)C(C)=O. The first-order chi connectivity index (χ1) is 12.0. The zero-order chi connectivity index (χ0) is 18.2. The van der Waals surface area contributed by atoms with Gasteiger partial charge in [-0.3, -0.25) is 9.59 Å². The van der Waals surface area contributed by atoms with Crippen LogP contribution in [0.2, 0.25) is 0 Å². The number of benzene rings is 1. The smallest absolute Gasteiger partial charge is 0.224 e. The summed E-state index contributed by atoms with van der Waals surface area (Å²) in [7, 11) is 1.84. The van der Waals surface area contributed by atoms with Gasteiger partial charge >= 0.3 is 0 Å². The molecule has 0 atom stereocenters. The number of carbonyl (C=O) groups excluding carboxylic acids is 2. The highest BCUT2D eigenvalue weighted by atomic mass is 16.2. The molecule has 0 aliphatic carbocycles. The van der Waals surface area contributed by atoms with Crippen molar-refractivity contribution in [2.75, 3.05) is 26.7 Å². The van der Waals surface area contributed by atoms with E-state index in [4.69, 9.17) is 0 Å². The summed E-state index contributed by atoms with van der Waals surface area (Å²) in [5.74, 6) is 0.121. The van der Waals surface area contributed by atoms with Crippen LogP contribution in [0, 0.1) is 0 Å². The van der Waals surface area contributed by atoms with Crippen LogP contribution in [0.5, 0.6) is 0 Å². The molecule has 0 unspecified atom stereocenters. The summed E-state index contributed by atoms with van der Waals surface area (Å²) < 4.78 is 0. The van der Waals surface area contributed by atoms with Crippen molar-refractivity contribution in [2.45, 2.75) is 39.5 Å². The Morgan fingerprint density at radius 3 is 2.60 bits per heavy atom. The van der Waals surface area contributed by atoms with E-state index in [1.165, 1.54) is 10.9 Å². The lowest BCUT2D eigenvalue weighted by Crippen LogP contribution is -2.36. The van der Waals surface area contributed by atoms with E-state index in [0.29, 0.717) is 19.5 Å². The summed E-state index contributed by atoms with van der Waals surface area (Å²) >= 11 is 0. The quantitative estimate of drug-likeness (QED) is 0.760. The lowest BCUT2D eigenvalue weighted by Gasteiger charge is -2.23. The van der Waals surface area contributed by atoms with Gasteiger partial charge in [0.25, 0.3) is 0 Å². The zero-order valence-electron chi connectivity index (χ0n) is 15.5. The molecule has 25 heavy (non-hydrogen) atoms. The number of unbranched alkanes of at least 4 members (excludes halogenated alkanes) is 1. The summed E-state index contributed by atoms with van der Waals surface area (Å²) in [5.41, 5.74) is 2.31. The van der Waals surface area contributed by atoms with Crippen LogP contribution < -0.4 is 0 Å². The zero-order valence-corrected chi connectivity index (χ0v) is 15.5. The highest BCUT2D eigenvalue weighted by molar-refractivity contribution is 5.83. The molecule has 2 rings (SSSR count). The molecule has 0 aliphatic rings. The molecule has 0 spiro atoms. The van der Waals surface area contributed by atoms with Gasteiger partial charge in [0.15, 0.2) is 0 Å². The van der Waals surface area contributed by atoms with Crippen LogP contribution in [0.3, 0.4) is 0 Å². The Morgan fingerprint density at radius 1 is 1.12 bits per heavy atom. The van der Waals surface area contributed by atoms with Gasteiger partial charge in [0.2, 0.25) is 11.8 Å². The molecule has 2 amide bonds. The number of aromatic nitrogens is 1. The number of aromatic amines is 1. The molecule has 0 saturated carbocycles. The fraction of sp³-hybridized carbons (Fsp3) is 0.500. The van der Waals surface area contributed by atoms with Crippen molar-refractivity contribution in [3.05, 3.63) is 36.0 Å². The van der Waals surface area contributed by atoms with E-state index in [2.05, 4.69) is 18.0 Å². The number of hydrogen-bond acceptors (Lipinski definition) is 2. The number of rotatable bonds is 9. The minimum absolute atomic E-state index is 0.0175. The Kier molecular flexibility index (Phi) is 7.04. The minimum Gasteiger partial charge on any atom is -0.361 e. The molecular weight excluding hydrogens is 314 g/mol. The van der Waals surface area contributed by atoms with E-state index >= 15 is 0 Å². The predicted octanol–water partition coefficient (Wildman–Crippen LogP) is 3.21. The molecule has 5 heteroatoms. The van der Waals surface area contributed by atoms with Gasteiger partial charge in [0.1, 0.15) is 0 Å². The average molecular weight is 343 g/mol. The van der Waals surface area contributed by atoms with Crippen LogP contribution in [0.1, 0.15) is 38.7 Å². The summed E-state index contributed by atoms with van der Waals surface area (Å²) in [6, 6.07) is 8.16. The molecule has 1 aromatic heterocycles. The molecule has 0 radical (unpaired) electrons. The molecule has 1 N–H and O–H groups in total. The third kappa shape index (κ3) is 5.34. The third-order valence-electron chi connectivity index (χ3n) is 4.64. The Morgan fingerprint density at radius 2 is 1.88 bits per heavy atom. The largest absolute Gasteiger partial charge is 0.361 e. The number of nitrogens with one attached hydrogen (secondary N) is 1. The van der Waals surface area contributed by atoms with E-state index in [9.17, 15) is 9.59 Å². The molecule has 0 fully saturated rings. The second-order valence-corrected chi connectivity index (χ2v) is 6.53. The number of fused-ring (bicyclic) bond motifs is 1. The number of para-hydroxylation sites is 1. The maximum absolute atomic E-state index is 12.2. The summed E-state index contributed by atoms with van der Waals surface area (Å²) in [4.78, 5) is 30.9. The molecule has 1 heterocycles. The van der Waals surface area contributed by atoms with Crippen LogP contribution in [0.4, 0.5) is 0 Å². The van der Waals surface area contributed by atoms with Crippen molar-refractivity contribution in [2.24, 2.45) is 0 Å².